The molecule has 52 heavy (non-hydrogen) atoms. The topological polar surface area (TPSA) is 25.8 Å². The Balaban J connectivity index is 1.20. The van der Waals surface area contributed by atoms with Crippen LogP contribution in [0.1, 0.15) is 49.9 Å². The van der Waals surface area contributed by atoms with E-state index in [-0.39, 0.29) is 10.8 Å². The van der Waals surface area contributed by atoms with E-state index in [9.17, 15) is 0 Å². The van der Waals surface area contributed by atoms with Crippen molar-refractivity contribution in [1.29, 1.82) is 0 Å². The highest BCUT2D eigenvalue weighted by Gasteiger charge is 2.37. The maximum atomic E-state index is 5.51. The van der Waals surface area contributed by atoms with Gasteiger partial charge in [0.25, 0.3) is 0 Å². The van der Waals surface area contributed by atoms with Gasteiger partial charge in [-0.3, -0.25) is 0 Å². The van der Waals surface area contributed by atoms with E-state index in [4.69, 9.17) is 9.97 Å². The number of hydrogen-bond acceptors (Lipinski definition) is 2. The maximum Gasteiger partial charge on any atom is 0.161 e. The van der Waals surface area contributed by atoms with Gasteiger partial charge in [0.1, 0.15) is 0 Å². The van der Waals surface area contributed by atoms with Crippen molar-refractivity contribution in [3.63, 3.8) is 0 Å². The number of para-hydroxylation sites is 1. The Hall–Kier alpha value is -6.12. The first-order valence-corrected chi connectivity index (χ1v) is 18.3. The van der Waals surface area contributed by atoms with E-state index < -0.39 is 0 Å². The van der Waals surface area contributed by atoms with Crippen molar-refractivity contribution in [2.75, 3.05) is 0 Å². The molecular formula is C50H38N2. The van der Waals surface area contributed by atoms with Crippen molar-refractivity contribution in [3.05, 3.63) is 180 Å². The fraction of sp³-hybridized carbons (Fsp3) is 0.120. The minimum atomic E-state index is -0.105. The molecule has 0 fully saturated rings. The molecule has 0 saturated heterocycles. The highest BCUT2D eigenvalue weighted by Crippen LogP contribution is 2.52. The Kier molecular flexibility index (Phi) is 6.60. The van der Waals surface area contributed by atoms with Crippen molar-refractivity contribution < 1.29 is 0 Å². The highest BCUT2D eigenvalue weighted by atomic mass is 14.9. The van der Waals surface area contributed by atoms with Crippen molar-refractivity contribution in [1.82, 2.24) is 9.97 Å². The van der Waals surface area contributed by atoms with Crippen LogP contribution in [0.3, 0.4) is 0 Å². The summed E-state index contributed by atoms with van der Waals surface area (Å²) in [5.41, 5.74) is 19.2. The molecule has 0 aliphatic heterocycles. The second-order valence-corrected chi connectivity index (χ2v) is 15.4. The average molecular weight is 667 g/mol. The molecule has 1 aromatic heterocycles. The van der Waals surface area contributed by atoms with Gasteiger partial charge in [-0.05, 0) is 97.1 Å². The van der Waals surface area contributed by atoms with E-state index in [1.165, 1.54) is 61.2 Å². The first-order valence-electron chi connectivity index (χ1n) is 18.3. The summed E-state index contributed by atoms with van der Waals surface area (Å²) in [5.74, 6) is 0.752. The molecule has 8 aromatic rings. The summed E-state index contributed by atoms with van der Waals surface area (Å²) in [6.45, 7) is 9.34. The van der Waals surface area contributed by atoms with Crippen LogP contribution in [0.4, 0.5) is 0 Å². The first kappa shape index (κ1) is 30.7. The molecule has 0 atom stereocenters. The predicted molar refractivity (Wildman–Crippen MR) is 216 cm³/mol. The molecule has 0 spiro atoms. The third-order valence-corrected chi connectivity index (χ3v) is 11.7. The Morgan fingerprint density at radius 3 is 1.75 bits per heavy atom. The van der Waals surface area contributed by atoms with Gasteiger partial charge in [-0.1, -0.05) is 155 Å². The van der Waals surface area contributed by atoms with Gasteiger partial charge in [0.05, 0.1) is 11.2 Å². The molecule has 2 nitrogen and oxygen atoms in total. The Labute approximate surface area is 305 Å². The van der Waals surface area contributed by atoms with E-state index >= 15 is 0 Å². The Bertz CT molecular complexity index is 2730. The normalized spacial score (nSPS) is 14.5. The fourth-order valence-corrected chi connectivity index (χ4v) is 8.97. The largest absolute Gasteiger partial charge is 0.228 e. The zero-order chi connectivity index (χ0) is 35.2. The van der Waals surface area contributed by atoms with Crippen LogP contribution in [0.5, 0.6) is 0 Å². The number of nitrogens with zero attached hydrogens (tertiary/aromatic N) is 2. The number of rotatable bonds is 4. The predicted octanol–water partition coefficient (Wildman–Crippen LogP) is 12.9. The smallest absolute Gasteiger partial charge is 0.161 e. The summed E-state index contributed by atoms with van der Waals surface area (Å²) in [7, 11) is 0. The summed E-state index contributed by atoms with van der Waals surface area (Å²) in [5, 5.41) is 1.04. The molecular weight excluding hydrogens is 629 g/mol. The SMILES string of the molecule is CC1(C)c2ccccc2-c2ccc(-c3cc(-c4ccccc4)cc(-c4nc(-c5cccc6c5-c5ccccc5C6(C)C)nc5ccccc45)c3)cc21. The molecule has 0 saturated carbocycles. The molecule has 0 amide bonds. The van der Waals surface area contributed by atoms with Crippen molar-refractivity contribution in [2.45, 2.75) is 38.5 Å². The van der Waals surface area contributed by atoms with Gasteiger partial charge in [0.15, 0.2) is 5.82 Å². The van der Waals surface area contributed by atoms with E-state index in [1.807, 2.05) is 0 Å². The molecule has 2 aliphatic rings. The molecule has 0 radical (unpaired) electrons. The van der Waals surface area contributed by atoms with Crippen molar-refractivity contribution in [3.8, 4) is 67.2 Å². The molecule has 0 unspecified atom stereocenters. The van der Waals surface area contributed by atoms with E-state index in [2.05, 4.69) is 185 Å². The molecule has 2 aliphatic carbocycles. The number of aromatic nitrogens is 2. The Morgan fingerprint density at radius 2 is 0.942 bits per heavy atom. The van der Waals surface area contributed by atoms with Gasteiger partial charge in [0.2, 0.25) is 0 Å². The lowest BCUT2D eigenvalue weighted by Gasteiger charge is -2.22. The quantitative estimate of drug-likeness (QED) is 0.187. The summed E-state index contributed by atoms with van der Waals surface area (Å²) < 4.78 is 0. The summed E-state index contributed by atoms with van der Waals surface area (Å²) in [4.78, 5) is 10.8. The van der Waals surface area contributed by atoms with Crippen LogP contribution in [-0.2, 0) is 10.8 Å². The Morgan fingerprint density at radius 1 is 0.365 bits per heavy atom. The van der Waals surface area contributed by atoms with E-state index in [1.54, 1.807) is 0 Å². The lowest BCUT2D eigenvalue weighted by Crippen LogP contribution is -2.14. The average Bonchev–Trinajstić information content (AvgIpc) is 3.57. The van der Waals surface area contributed by atoms with Gasteiger partial charge in [-0.15, -0.1) is 0 Å². The standard InChI is InChI=1S/C50H38N2/c1-49(2)42-22-12-9-18-38(42)46-40(20-14-23-43(46)49)48-51-45-24-13-10-19-39(45)47(52-48)35-28-33(31-15-6-5-7-16-31)27-34(29-35)32-25-26-37-36-17-8-11-21-41(36)50(3,4)44(37)30-32/h5-30H,1-4H3. The number of benzene rings is 7. The van der Waals surface area contributed by atoms with Crippen LogP contribution in [0.2, 0.25) is 0 Å². The number of fused-ring (bicyclic) bond motifs is 7. The summed E-state index contributed by atoms with van der Waals surface area (Å²) >= 11 is 0. The van der Waals surface area contributed by atoms with E-state index in [0.717, 1.165) is 39.1 Å². The number of hydrogen-bond donors (Lipinski definition) is 0. The second kappa shape index (κ2) is 11.2. The minimum Gasteiger partial charge on any atom is -0.228 e. The molecule has 2 heteroatoms. The zero-order valence-corrected chi connectivity index (χ0v) is 29.9. The molecule has 7 aromatic carbocycles. The van der Waals surface area contributed by atoms with Gasteiger partial charge < -0.3 is 0 Å². The van der Waals surface area contributed by atoms with E-state index in [0.29, 0.717) is 0 Å². The molecule has 1 heterocycles. The lowest BCUT2D eigenvalue weighted by molar-refractivity contribution is 0.660. The van der Waals surface area contributed by atoms with Crippen LogP contribution in [0.15, 0.2) is 158 Å². The first-order chi connectivity index (χ1) is 25.3. The van der Waals surface area contributed by atoms with Gasteiger partial charge >= 0.3 is 0 Å². The van der Waals surface area contributed by atoms with Crippen LogP contribution >= 0.6 is 0 Å². The van der Waals surface area contributed by atoms with Crippen molar-refractivity contribution >= 4 is 10.9 Å². The van der Waals surface area contributed by atoms with Gasteiger partial charge in [-0.2, -0.15) is 0 Å². The van der Waals surface area contributed by atoms with Crippen LogP contribution in [0, 0.1) is 0 Å². The molecule has 10 rings (SSSR count). The molecule has 0 N–H and O–H groups in total. The van der Waals surface area contributed by atoms with Crippen LogP contribution in [0.25, 0.3) is 78.1 Å². The molecule has 248 valence electrons. The summed E-state index contributed by atoms with van der Waals surface area (Å²) in [6.07, 6.45) is 0. The minimum absolute atomic E-state index is 0.0807. The highest BCUT2D eigenvalue weighted by molar-refractivity contribution is 5.98. The third-order valence-electron chi connectivity index (χ3n) is 11.7. The monoisotopic (exact) mass is 666 g/mol. The van der Waals surface area contributed by atoms with Crippen molar-refractivity contribution in [2.24, 2.45) is 0 Å². The van der Waals surface area contributed by atoms with Gasteiger partial charge in [0, 0.05) is 27.3 Å². The van der Waals surface area contributed by atoms with Crippen LogP contribution in [-0.4, -0.2) is 9.97 Å². The maximum absolute atomic E-state index is 5.51. The fourth-order valence-electron chi connectivity index (χ4n) is 8.97. The summed E-state index contributed by atoms with van der Waals surface area (Å²) in [6, 6.07) is 57.4. The third kappa shape index (κ3) is 4.50. The molecule has 0 bridgehead atoms. The second-order valence-electron chi connectivity index (χ2n) is 15.4. The lowest BCUT2D eigenvalue weighted by atomic mass is 9.81. The van der Waals surface area contributed by atoms with Crippen LogP contribution < -0.4 is 0 Å². The van der Waals surface area contributed by atoms with Gasteiger partial charge in [-0.25, -0.2) is 9.97 Å². The zero-order valence-electron chi connectivity index (χ0n) is 29.9.